The van der Waals surface area contributed by atoms with Crippen molar-refractivity contribution in [1.82, 2.24) is 5.32 Å². The first-order valence-electron chi connectivity index (χ1n) is 5.35. The van der Waals surface area contributed by atoms with E-state index in [1.807, 2.05) is 0 Å². The van der Waals surface area contributed by atoms with Crippen molar-refractivity contribution in [2.45, 2.75) is 19.0 Å². The number of hydrogen-bond donors (Lipinski definition) is 1. The van der Waals surface area contributed by atoms with Crippen LogP contribution in [0.4, 0.5) is 8.78 Å². The van der Waals surface area contributed by atoms with E-state index in [2.05, 4.69) is 5.32 Å². The molecule has 1 aromatic carbocycles. The summed E-state index contributed by atoms with van der Waals surface area (Å²) in [6.45, 7) is 1.49. The molecule has 0 bridgehead atoms. The van der Waals surface area contributed by atoms with Gasteiger partial charge in [-0.1, -0.05) is 12.1 Å². The molecule has 82 valence electrons. The zero-order valence-electron chi connectivity index (χ0n) is 8.55. The fraction of sp³-hybridized carbons (Fsp3) is 0.500. The van der Waals surface area contributed by atoms with Crippen molar-refractivity contribution in [2.75, 3.05) is 13.1 Å². The third-order valence-corrected chi connectivity index (χ3v) is 2.93. The molecule has 1 fully saturated rings. The summed E-state index contributed by atoms with van der Waals surface area (Å²) in [6.07, 6.45) is 0.552. The number of benzene rings is 1. The zero-order chi connectivity index (χ0) is 10.7. The van der Waals surface area contributed by atoms with Crippen LogP contribution in [0.15, 0.2) is 24.3 Å². The summed E-state index contributed by atoms with van der Waals surface area (Å²) in [6, 6.07) is 6.32. The van der Waals surface area contributed by atoms with E-state index in [0.717, 1.165) is 18.7 Å². The van der Waals surface area contributed by atoms with Gasteiger partial charge in [-0.05, 0) is 37.1 Å². The molecule has 15 heavy (non-hydrogen) atoms. The second-order valence-electron chi connectivity index (χ2n) is 4.10. The predicted octanol–water partition coefficient (Wildman–Crippen LogP) is 2.32. The Balaban J connectivity index is 1.98. The Morgan fingerprint density at radius 2 is 2.00 bits per heavy atom. The van der Waals surface area contributed by atoms with E-state index >= 15 is 0 Å². The van der Waals surface area contributed by atoms with Gasteiger partial charge in [0.25, 0.3) is 0 Å². The largest absolute Gasteiger partial charge is 0.316 e. The summed E-state index contributed by atoms with van der Waals surface area (Å²) in [7, 11) is 0. The van der Waals surface area contributed by atoms with Crippen molar-refractivity contribution < 1.29 is 8.78 Å². The molecule has 0 saturated carbocycles. The van der Waals surface area contributed by atoms with Gasteiger partial charge in [0.2, 0.25) is 0 Å². The highest BCUT2D eigenvalue weighted by Crippen LogP contribution is 2.20. The van der Waals surface area contributed by atoms with E-state index < -0.39 is 6.17 Å². The molecule has 1 saturated heterocycles. The number of alkyl halides is 1. The molecule has 2 unspecified atom stereocenters. The Hall–Kier alpha value is -0.960. The minimum Gasteiger partial charge on any atom is -0.316 e. The van der Waals surface area contributed by atoms with Crippen molar-refractivity contribution in [3.63, 3.8) is 0 Å². The van der Waals surface area contributed by atoms with Gasteiger partial charge >= 0.3 is 0 Å². The molecule has 3 heteroatoms. The maximum Gasteiger partial charge on any atom is 0.123 e. The van der Waals surface area contributed by atoms with Crippen molar-refractivity contribution >= 4 is 0 Å². The molecule has 2 atom stereocenters. The monoisotopic (exact) mass is 211 g/mol. The molecule has 1 aromatic rings. The van der Waals surface area contributed by atoms with Gasteiger partial charge in [0, 0.05) is 12.5 Å². The van der Waals surface area contributed by atoms with Gasteiger partial charge < -0.3 is 5.32 Å². The molecule has 1 nitrogen and oxygen atoms in total. The Labute approximate surface area is 88.5 Å². The van der Waals surface area contributed by atoms with Gasteiger partial charge in [-0.15, -0.1) is 0 Å². The van der Waals surface area contributed by atoms with E-state index in [4.69, 9.17) is 0 Å². The predicted molar refractivity (Wildman–Crippen MR) is 56.0 cm³/mol. The molecular weight excluding hydrogens is 196 g/mol. The summed E-state index contributed by atoms with van der Waals surface area (Å²) < 4.78 is 26.2. The Morgan fingerprint density at radius 3 is 2.67 bits per heavy atom. The minimum atomic E-state index is -0.726. The van der Waals surface area contributed by atoms with Crippen LogP contribution in [0.2, 0.25) is 0 Å². The lowest BCUT2D eigenvalue weighted by atomic mass is 9.91. The highest BCUT2D eigenvalue weighted by molar-refractivity contribution is 5.17. The SMILES string of the molecule is Fc1ccc(CC2CNCCC2F)cc1. The standard InChI is InChI=1S/C12H15F2N/c13-11-3-1-9(2-4-11)7-10-8-15-6-5-12(10)14/h1-4,10,12,15H,5-8H2. The van der Waals surface area contributed by atoms with Gasteiger partial charge in [-0.3, -0.25) is 0 Å². The van der Waals surface area contributed by atoms with Crippen molar-refractivity contribution in [3.8, 4) is 0 Å². The first kappa shape index (κ1) is 10.6. The first-order chi connectivity index (χ1) is 7.25. The van der Waals surface area contributed by atoms with Crippen LogP contribution in [0.3, 0.4) is 0 Å². The van der Waals surface area contributed by atoms with Crippen LogP contribution >= 0.6 is 0 Å². The van der Waals surface area contributed by atoms with Crippen LogP contribution in [-0.2, 0) is 6.42 Å². The smallest absolute Gasteiger partial charge is 0.123 e. The number of nitrogens with one attached hydrogen (secondary N) is 1. The average Bonchev–Trinajstić information content (AvgIpc) is 2.25. The molecule has 2 rings (SSSR count). The first-order valence-corrected chi connectivity index (χ1v) is 5.35. The van der Waals surface area contributed by atoms with Gasteiger partial charge in [0.1, 0.15) is 12.0 Å². The second-order valence-corrected chi connectivity index (χ2v) is 4.10. The molecule has 0 spiro atoms. The average molecular weight is 211 g/mol. The van der Waals surface area contributed by atoms with E-state index in [0.29, 0.717) is 12.8 Å². The molecule has 0 aromatic heterocycles. The van der Waals surface area contributed by atoms with Gasteiger partial charge in [0.15, 0.2) is 0 Å². The third-order valence-electron chi connectivity index (χ3n) is 2.93. The molecule has 1 heterocycles. The quantitative estimate of drug-likeness (QED) is 0.791. The molecule has 1 N–H and O–H groups in total. The summed E-state index contributed by atoms with van der Waals surface area (Å²) in [4.78, 5) is 0. The fourth-order valence-electron chi connectivity index (χ4n) is 2.01. The van der Waals surface area contributed by atoms with Crippen molar-refractivity contribution in [3.05, 3.63) is 35.6 Å². The second kappa shape index (κ2) is 4.71. The van der Waals surface area contributed by atoms with Gasteiger partial charge in [-0.2, -0.15) is 0 Å². The van der Waals surface area contributed by atoms with Crippen LogP contribution in [0.25, 0.3) is 0 Å². The molecule has 0 amide bonds. The summed E-state index contributed by atoms with van der Waals surface area (Å²) in [5.41, 5.74) is 1.01. The van der Waals surface area contributed by atoms with Gasteiger partial charge in [-0.25, -0.2) is 8.78 Å². The Bertz CT molecular complexity index is 310. The summed E-state index contributed by atoms with van der Waals surface area (Å²) in [5, 5.41) is 3.18. The number of piperidine rings is 1. The number of rotatable bonds is 2. The van der Waals surface area contributed by atoms with Gasteiger partial charge in [0.05, 0.1) is 0 Å². The van der Waals surface area contributed by atoms with E-state index in [1.54, 1.807) is 12.1 Å². The Morgan fingerprint density at radius 1 is 1.27 bits per heavy atom. The highest BCUT2D eigenvalue weighted by Gasteiger charge is 2.24. The molecular formula is C12H15F2N. The highest BCUT2D eigenvalue weighted by atomic mass is 19.1. The minimum absolute atomic E-state index is 0.0317. The number of halogens is 2. The van der Waals surface area contributed by atoms with E-state index in [1.165, 1.54) is 12.1 Å². The van der Waals surface area contributed by atoms with Crippen molar-refractivity contribution in [1.29, 1.82) is 0 Å². The third kappa shape index (κ3) is 2.75. The lowest BCUT2D eigenvalue weighted by Gasteiger charge is -2.26. The van der Waals surface area contributed by atoms with Crippen LogP contribution in [0.5, 0.6) is 0 Å². The van der Waals surface area contributed by atoms with Crippen molar-refractivity contribution in [2.24, 2.45) is 5.92 Å². The van der Waals surface area contributed by atoms with Crippen LogP contribution in [0.1, 0.15) is 12.0 Å². The Kier molecular flexibility index (Phi) is 3.31. The summed E-state index contributed by atoms with van der Waals surface area (Å²) in [5.74, 6) is -0.207. The molecule has 0 aliphatic carbocycles. The number of hydrogen-bond acceptors (Lipinski definition) is 1. The van der Waals surface area contributed by atoms with E-state index in [9.17, 15) is 8.78 Å². The maximum absolute atomic E-state index is 13.5. The zero-order valence-corrected chi connectivity index (χ0v) is 8.55. The lowest BCUT2D eigenvalue weighted by molar-refractivity contribution is 0.178. The van der Waals surface area contributed by atoms with Crippen LogP contribution in [-0.4, -0.2) is 19.3 Å². The molecule has 1 aliphatic heterocycles. The van der Waals surface area contributed by atoms with Crippen LogP contribution < -0.4 is 5.32 Å². The molecule has 1 aliphatic rings. The topological polar surface area (TPSA) is 12.0 Å². The lowest BCUT2D eigenvalue weighted by Crippen LogP contribution is -2.38. The fourth-order valence-corrected chi connectivity index (χ4v) is 2.01. The summed E-state index contributed by atoms with van der Waals surface area (Å²) >= 11 is 0. The van der Waals surface area contributed by atoms with Crippen LogP contribution in [0, 0.1) is 11.7 Å². The molecule has 0 radical (unpaired) electrons. The maximum atomic E-state index is 13.5. The normalized spacial score (nSPS) is 26.5. The van der Waals surface area contributed by atoms with E-state index in [-0.39, 0.29) is 11.7 Å².